The highest BCUT2D eigenvalue weighted by Gasteiger charge is 2.08. The van der Waals surface area contributed by atoms with Gasteiger partial charge in [-0.25, -0.2) is 0 Å². The Kier molecular flexibility index (Phi) is 7.98. The highest BCUT2D eigenvalue weighted by Crippen LogP contribution is 2.18. The van der Waals surface area contributed by atoms with Crippen molar-refractivity contribution >= 4 is 5.69 Å². The SMILES string of the molecule is CCOCCOc1cccc(NCC(CC)Oc2ccccc2)c1. The Morgan fingerprint density at radius 2 is 1.71 bits per heavy atom. The Morgan fingerprint density at radius 1 is 0.917 bits per heavy atom. The fraction of sp³-hybridized carbons (Fsp3) is 0.400. The van der Waals surface area contributed by atoms with Crippen LogP contribution in [0.3, 0.4) is 0 Å². The molecule has 1 unspecified atom stereocenters. The summed E-state index contributed by atoms with van der Waals surface area (Å²) in [5, 5.41) is 3.42. The smallest absolute Gasteiger partial charge is 0.121 e. The van der Waals surface area contributed by atoms with Crippen LogP contribution in [-0.2, 0) is 4.74 Å². The van der Waals surface area contributed by atoms with Crippen LogP contribution in [0.4, 0.5) is 5.69 Å². The molecule has 4 heteroatoms. The fourth-order valence-electron chi connectivity index (χ4n) is 2.25. The van der Waals surface area contributed by atoms with Gasteiger partial charge in [-0.3, -0.25) is 0 Å². The van der Waals surface area contributed by atoms with Gasteiger partial charge in [0.25, 0.3) is 0 Å². The molecule has 0 bridgehead atoms. The van der Waals surface area contributed by atoms with Gasteiger partial charge in [-0.1, -0.05) is 31.2 Å². The van der Waals surface area contributed by atoms with Gasteiger partial charge in [-0.15, -0.1) is 0 Å². The van der Waals surface area contributed by atoms with E-state index in [1.165, 1.54) is 0 Å². The van der Waals surface area contributed by atoms with Crippen molar-refractivity contribution in [2.75, 3.05) is 31.7 Å². The maximum atomic E-state index is 6.00. The quantitative estimate of drug-likeness (QED) is 0.621. The summed E-state index contributed by atoms with van der Waals surface area (Å²) >= 11 is 0. The third kappa shape index (κ3) is 6.50. The molecule has 4 nitrogen and oxygen atoms in total. The topological polar surface area (TPSA) is 39.7 Å². The zero-order valence-electron chi connectivity index (χ0n) is 14.5. The zero-order valence-corrected chi connectivity index (χ0v) is 14.5. The van der Waals surface area contributed by atoms with Crippen LogP contribution in [0.5, 0.6) is 11.5 Å². The van der Waals surface area contributed by atoms with Gasteiger partial charge in [0.15, 0.2) is 0 Å². The molecule has 24 heavy (non-hydrogen) atoms. The number of benzene rings is 2. The van der Waals surface area contributed by atoms with E-state index < -0.39 is 0 Å². The van der Waals surface area contributed by atoms with Gasteiger partial charge < -0.3 is 19.5 Å². The minimum absolute atomic E-state index is 0.120. The lowest BCUT2D eigenvalue weighted by Crippen LogP contribution is -2.25. The maximum absolute atomic E-state index is 6.00. The molecule has 0 spiro atoms. The Bertz CT molecular complexity index is 574. The normalized spacial score (nSPS) is 11.8. The van der Waals surface area contributed by atoms with Gasteiger partial charge in [0.05, 0.1) is 13.2 Å². The Labute approximate surface area is 144 Å². The lowest BCUT2D eigenvalue weighted by atomic mass is 10.2. The molecule has 0 fully saturated rings. The monoisotopic (exact) mass is 329 g/mol. The van der Waals surface area contributed by atoms with E-state index in [1.54, 1.807) is 0 Å². The first-order valence-electron chi connectivity index (χ1n) is 8.58. The van der Waals surface area contributed by atoms with Gasteiger partial charge in [-0.05, 0) is 37.6 Å². The van der Waals surface area contributed by atoms with Crippen LogP contribution in [-0.4, -0.2) is 32.5 Å². The molecule has 0 heterocycles. The highest BCUT2D eigenvalue weighted by atomic mass is 16.5. The largest absolute Gasteiger partial charge is 0.491 e. The second kappa shape index (κ2) is 10.6. The second-order valence-corrected chi connectivity index (χ2v) is 5.42. The van der Waals surface area contributed by atoms with E-state index in [1.807, 2.05) is 61.5 Å². The molecular weight excluding hydrogens is 302 g/mol. The van der Waals surface area contributed by atoms with Crippen LogP contribution < -0.4 is 14.8 Å². The van der Waals surface area contributed by atoms with Gasteiger partial charge in [0.1, 0.15) is 24.2 Å². The maximum Gasteiger partial charge on any atom is 0.121 e. The summed E-state index contributed by atoms with van der Waals surface area (Å²) in [6.45, 7) is 6.73. The van der Waals surface area contributed by atoms with Crippen LogP contribution in [0.2, 0.25) is 0 Å². The van der Waals surface area contributed by atoms with Crippen LogP contribution in [0.25, 0.3) is 0 Å². The average Bonchev–Trinajstić information content (AvgIpc) is 2.63. The summed E-state index contributed by atoms with van der Waals surface area (Å²) in [4.78, 5) is 0. The van der Waals surface area contributed by atoms with Crippen LogP contribution >= 0.6 is 0 Å². The second-order valence-electron chi connectivity index (χ2n) is 5.42. The van der Waals surface area contributed by atoms with Crippen molar-refractivity contribution in [3.05, 3.63) is 54.6 Å². The third-order valence-electron chi connectivity index (χ3n) is 3.57. The van der Waals surface area contributed by atoms with Gasteiger partial charge in [-0.2, -0.15) is 0 Å². The van der Waals surface area contributed by atoms with Crippen molar-refractivity contribution in [2.45, 2.75) is 26.4 Å². The molecule has 0 saturated carbocycles. The predicted octanol–water partition coefficient (Wildman–Crippen LogP) is 4.37. The van der Waals surface area contributed by atoms with Crippen molar-refractivity contribution in [3.8, 4) is 11.5 Å². The number of anilines is 1. The first-order valence-corrected chi connectivity index (χ1v) is 8.58. The van der Waals surface area contributed by atoms with Crippen LogP contribution in [0.1, 0.15) is 20.3 Å². The van der Waals surface area contributed by atoms with Crippen molar-refractivity contribution in [1.82, 2.24) is 0 Å². The summed E-state index contributed by atoms with van der Waals surface area (Å²) in [5.41, 5.74) is 1.03. The molecule has 0 saturated heterocycles. The van der Waals surface area contributed by atoms with E-state index in [-0.39, 0.29) is 6.10 Å². The lowest BCUT2D eigenvalue weighted by Gasteiger charge is -2.19. The lowest BCUT2D eigenvalue weighted by molar-refractivity contribution is 0.110. The predicted molar refractivity (Wildman–Crippen MR) is 98.1 cm³/mol. The molecule has 2 rings (SSSR count). The Morgan fingerprint density at radius 3 is 2.46 bits per heavy atom. The molecule has 2 aromatic rings. The van der Waals surface area contributed by atoms with Crippen molar-refractivity contribution in [2.24, 2.45) is 0 Å². The number of ether oxygens (including phenoxy) is 3. The standard InChI is InChI=1S/C20H27NO3/c1-3-18(24-19-10-6-5-7-11-19)16-21-17-9-8-12-20(15-17)23-14-13-22-4-2/h5-12,15,18,21H,3-4,13-14,16H2,1-2H3. The van der Waals surface area contributed by atoms with E-state index in [9.17, 15) is 0 Å². The van der Waals surface area contributed by atoms with Crippen molar-refractivity contribution in [3.63, 3.8) is 0 Å². The molecule has 1 N–H and O–H groups in total. The molecule has 1 atom stereocenters. The molecule has 0 radical (unpaired) electrons. The van der Waals surface area contributed by atoms with E-state index in [4.69, 9.17) is 14.2 Å². The minimum atomic E-state index is 0.120. The first kappa shape index (κ1) is 18.1. The summed E-state index contributed by atoms with van der Waals surface area (Å²) < 4.78 is 17.0. The molecule has 0 amide bonds. The van der Waals surface area contributed by atoms with Crippen LogP contribution in [0.15, 0.2) is 54.6 Å². The molecule has 2 aromatic carbocycles. The van der Waals surface area contributed by atoms with Crippen LogP contribution in [0, 0.1) is 0 Å². The minimum Gasteiger partial charge on any atom is -0.491 e. The summed E-state index contributed by atoms with van der Waals surface area (Å²) in [6.07, 6.45) is 1.06. The molecular formula is C20H27NO3. The molecule has 0 aliphatic rings. The van der Waals surface area contributed by atoms with E-state index in [2.05, 4.69) is 12.2 Å². The number of para-hydroxylation sites is 1. The number of rotatable bonds is 11. The summed E-state index contributed by atoms with van der Waals surface area (Å²) in [7, 11) is 0. The number of hydrogen-bond donors (Lipinski definition) is 1. The van der Waals surface area contributed by atoms with Gasteiger partial charge in [0.2, 0.25) is 0 Å². The number of nitrogens with one attached hydrogen (secondary N) is 1. The molecule has 0 aliphatic heterocycles. The van der Waals surface area contributed by atoms with Crippen molar-refractivity contribution in [1.29, 1.82) is 0 Å². The van der Waals surface area contributed by atoms with Gasteiger partial charge >= 0.3 is 0 Å². The molecule has 0 aromatic heterocycles. The van der Waals surface area contributed by atoms with E-state index in [0.29, 0.717) is 19.8 Å². The summed E-state index contributed by atoms with van der Waals surface area (Å²) in [6, 6.07) is 17.9. The third-order valence-corrected chi connectivity index (χ3v) is 3.57. The first-order chi connectivity index (χ1) is 11.8. The van der Waals surface area contributed by atoms with Gasteiger partial charge in [0, 0.05) is 18.4 Å². The summed E-state index contributed by atoms with van der Waals surface area (Å²) in [5.74, 6) is 1.75. The highest BCUT2D eigenvalue weighted by molar-refractivity contribution is 5.48. The molecule has 130 valence electrons. The number of hydrogen-bond acceptors (Lipinski definition) is 4. The van der Waals surface area contributed by atoms with Crippen molar-refractivity contribution < 1.29 is 14.2 Å². The van der Waals surface area contributed by atoms with E-state index >= 15 is 0 Å². The van der Waals surface area contributed by atoms with E-state index in [0.717, 1.165) is 30.2 Å². The fourth-order valence-corrected chi connectivity index (χ4v) is 2.25. The zero-order chi connectivity index (χ0) is 17.0. The average molecular weight is 329 g/mol. The Hall–Kier alpha value is -2.20. The molecule has 0 aliphatic carbocycles. The Balaban J connectivity index is 1.81.